The fourth-order valence-electron chi connectivity index (χ4n) is 2.86. The molecule has 1 fully saturated rings. The predicted molar refractivity (Wildman–Crippen MR) is 66.4 cm³/mol. The first-order chi connectivity index (χ1) is 7.72. The average molecular weight is 217 g/mol. The maximum atomic E-state index is 5.32. The van der Waals surface area contributed by atoms with E-state index in [0.717, 1.165) is 11.8 Å². The SMILES string of the molecule is COc1ccc2c(c1)C(C)C(C)N2C1CC1. The van der Waals surface area contributed by atoms with E-state index in [1.165, 1.54) is 24.1 Å². The summed E-state index contributed by atoms with van der Waals surface area (Å²) in [5, 5.41) is 0. The van der Waals surface area contributed by atoms with E-state index in [2.05, 4.69) is 36.9 Å². The molecule has 16 heavy (non-hydrogen) atoms. The van der Waals surface area contributed by atoms with Crippen molar-refractivity contribution < 1.29 is 4.74 Å². The van der Waals surface area contributed by atoms with Crippen LogP contribution in [0.15, 0.2) is 18.2 Å². The summed E-state index contributed by atoms with van der Waals surface area (Å²) in [5.74, 6) is 1.60. The van der Waals surface area contributed by atoms with Gasteiger partial charge < -0.3 is 9.64 Å². The molecule has 0 radical (unpaired) electrons. The molecule has 0 spiro atoms. The number of ether oxygens (including phenoxy) is 1. The van der Waals surface area contributed by atoms with Crippen molar-refractivity contribution in [1.82, 2.24) is 0 Å². The highest BCUT2D eigenvalue weighted by Crippen LogP contribution is 2.47. The summed E-state index contributed by atoms with van der Waals surface area (Å²) in [7, 11) is 1.74. The predicted octanol–water partition coefficient (Wildman–Crippen LogP) is 3.17. The van der Waals surface area contributed by atoms with Gasteiger partial charge in [0, 0.05) is 23.7 Å². The minimum atomic E-state index is 0.616. The van der Waals surface area contributed by atoms with E-state index in [-0.39, 0.29) is 0 Å². The van der Waals surface area contributed by atoms with Crippen LogP contribution < -0.4 is 9.64 Å². The second kappa shape index (κ2) is 3.41. The summed E-state index contributed by atoms with van der Waals surface area (Å²) in [4.78, 5) is 2.61. The van der Waals surface area contributed by atoms with Crippen LogP contribution in [0.25, 0.3) is 0 Å². The van der Waals surface area contributed by atoms with Gasteiger partial charge >= 0.3 is 0 Å². The summed E-state index contributed by atoms with van der Waals surface area (Å²) in [6, 6.07) is 7.95. The minimum absolute atomic E-state index is 0.616. The van der Waals surface area contributed by atoms with Crippen molar-refractivity contribution in [3.63, 3.8) is 0 Å². The van der Waals surface area contributed by atoms with Crippen molar-refractivity contribution >= 4 is 5.69 Å². The first-order valence-electron chi connectivity index (χ1n) is 6.18. The quantitative estimate of drug-likeness (QED) is 0.754. The van der Waals surface area contributed by atoms with Gasteiger partial charge in [-0.1, -0.05) is 6.92 Å². The second-order valence-corrected chi connectivity index (χ2v) is 5.09. The van der Waals surface area contributed by atoms with E-state index >= 15 is 0 Å². The molecule has 1 aliphatic heterocycles. The summed E-state index contributed by atoms with van der Waals surface area (Å²) >= 11 is 0. The van der Waals surface area contributed by atoms with Gasteiger partial charge in [0.1, 0.15) is 5.75 Å². The molecule has 2 aliphatic rings. The van der Waals surface area contributed by atoms with E-state index < -0.39 is 0 Å². The molecule has 0 saturated heterocycles. The summed E-state index contributed by atoms with van der Waals surface area (Å²) in [5.41, 5.74) is 2.89. The zero-order valence-electron chi connectivity index (χ0n) is 10.2. The summed E-state index contributed by atoms with van der Waals surface area (Å²) < 4.78 is 5.32. The number of anilines is 1. The van der Waals surface area contributed by atoms with E-state index in [1.807, 2.05) is 0 Å². The molecule has 2 unspecified atom stereocenters. The lowest BCUT2D eigenvalue weighted by atomic mass is 9.98. The van der Waals surface area contributed by atoms with Crippen LogP contribution in [-0.4, -0.2) is 19.2 Å². The van der Waals surface area contributed by atoms with Gasteiger partial charge in [-0.3, -0.25) is 0 Å². The Morgan fingerprint density at radius 3 is 2.62 bits per heavy atom. The third-order valence-corrected chi connectivity index (χ3v) is 4.11. The summed E-state index contributed by atoms with van der Waals surface area (Å²) in [6.45, 7) is 4.67. The molecule has 2 nitrogen and oxygen atoms in total. The molecule has 1 aromatic carbocycles. The molecular formula is C14H19NO. The largest absolute Gasteiger partial charge is 0.497 e. The van der Waals surface area contributed by atoms with Crippen LogP contribution in [0.2, 0.25) is 0 Å². The number of hydrogen-bond donors (Lipinski definition) is 0. The van der Waals surface area contributed by atoms with Crippen molar-refractivity contribution in [2.75, 3.05) is 12.0 Å². The fourth-order valence-corrected chi connectivity index (χ4v) is 2.86. The Morgan fingerprint density at radius 2 is 2.00 bits per heavy atom. The van der Waals surface area contributed by atoms with E-state index in [4.69, 9.17) is 4.74 Å². The van der Waals surface area contributed by atoms with Gasteiger partial charge in [0.2, 0.25) is 0 Å². The number of benzene rings is 1. The Hall–Kier alpha value is -1.18. The maximum absolute atomic E-state index is 5.32. The molecule has 2 heteroatoms. The van der Waals surface area contributed by atoms with E-state index in [1.54, 1.807) is 7.11 Å². The smallest absolute Gasteiger partial charge is 0.119 e. The van der Waals surface area contributed by atoms with Gasteiger partial charge in [-0.2, -0.15) is 0 Å². The zero-order valence-corrected chi connectivity index (χ0v) is 10.2. The monoisotopic (exact) mass is 217 g/mol. The highest BCUT2D eigenvalue weighted by atomic mass is 16.5. The van der Waals surface area contributed by atoms with E-state index in [9.17, 15) is 0 Å². The molecule has 0 aromatic heterocycles. The molecule has 2 atom stereocenters. The zero-order chi connectivity index (χ0) is 11.3. The Labute approximate surface area is 97.2 Å². The number of hydrogen-bond acceptors (Lipinski definition) is 2. The molecule has 3 rings (SSSR count). The molecule has 1 heterocycles. The molecule has 0 amide bonds. The third-order valence-electron chi connectivity index (χ3n) is 4.11. The number of methoxy groups -OCH3 is 1. The van der Waals surface area contributed by atoms with Gasteiger partial charge in [0.15, 0.2) is 0 Å². The van der Waals surface area contributed by atoms with Crippen molar-refractivity contribution in [3.8, 4) is 5.75 Å². The standard InChI is InChI=1S/C14H19NO/c1-9-10(2)15(11-4-5-11)14-7-6-12(16-3)8-13(9)14/h6-11H,4-5H2,1-3H3. The van der Waals surface area contributed by atoms with Crippen LogP contribution in [-0.2, 0) is 0 Å². The van der Waals surface area contributed by atoms with E-state index in [0.29, 0.717) is 12.0 Å². The Bertz CT molecular complexity index is 411. The van der Waals surface area contributed by atoms with Crippen LogP contribution in [0.5, 0.6) is 5.75 Å². The summed E-state index contributed by atoms with van der Waals surface area (Å²) in [6.07, 6.45) is 2.73. The van der Waals surface area contributed by atoms with Crippen LogP contribution in [0, 0.1) is 0 Å². The highest BCUT2D eigenvalue weighted by molar-refractivity contribution is 5.64. The number of nitrogens with zero attached hydrogens (tertiary/aromatic N) is 1. The first-order valence-corrected chi connectivity index (χ1v) is 6.18. The first kappa shape index (κ1) is 10.0. The lowest BCUT2D eigenvalue weighted by Crippen LogP contribution is -2.32. The maximum Gasteiger partial charge on any atom is 0.119 e. The second-order valence-electron chi connectivity index (χ2n) is 5.09. The fraction of sp³-hybridized carbons (Fsp3) is 0.571. The molecule has 1 aromatic rings. The van der Waals surface area contributed by atoms with Gasteiger partial charge in [-0.15, -0.1) is 0 Å². The number of fused-ring (bicyclic) bond motifs is 1. The van der Waals surface area contributed by atoms with Crippen LogP contribution in [0.3, 0.4) is 0 Å². The third kappa shape index (κ3) is 1.32. The Balaban J connectivity index is 2.04. The molecule has 0 N–H and O–H groups in total. The highest BCUT2D eigenvalue weighted by Gasteiger charge is 2.41. The molecule has 1 saturated carbocycles. The Kier molecular flexibility index (Phi) is 2.13. The average Bonchev–Trinajstić information content (AvgIpc) is 3.09. The van der Waals surface area contributed by atoms with Crippen LogP contribution >= 0.6 is 0 Å². The van der Waals surface area contributed by atoms with Gasteiger partial charge in [-0.25, -0.2) is 0 Å². The molecule has 1 aliphatic carbocycles. The van der Waals surface area contributed by atoms with Gasteiger partial charge in [0.25, 0.3) is 0 Å². The molecule has 0 bridgehead atoms. The lowest BCUT2D eigenvalue weighted by molar-refractivity contribution is 0.414. The minimum Gasteiger partial charge on any atom is -0.497 e. The normalized spacial score (nSPS) is 28.1. The van der Waals surface area contributed by atoms with Crippen molar-refractivity contribution in [3.05, 3.63) is 23.8 Å². The van der Waals surface area contributed by atoms with Crippen LogP contribution in [0.4, 0.5) is 5.69 Å². The number of rotatable bonds is 2. The molecule has 86 valence electrons. The molecular weight excluding hydrogens is 198 g/mol. The lowest BCUT2D eigenvalue weighted by Gasteiger charge is -2.26. The van der Waals surface area contributed by atoms with Gasteiger partial charge in [-0.05, 0) is 43.5 Å². The van der Waals surface area contributed by atoms with Crippen molar-refractivity contribution in [1.29, 1.82) is 0 Å². The van der Waals surface area contributed by atoms with Crippen molar-refractivity contribution in [2.24, 2.45) is 0 Å². The van der Waals surface area contributed by atoms with Crippen molar-refractivity contribution in [2.45, 2.75) is 44.7 Å². The van der Waals surface area contributed by atoms with Gasteiger partial charge in [0.05, 0.1) is 7.11 Å². The topological polar surface area (TPSA) is 12.5 Å². The Morgan fingerprint density at radius 1 is 1.25 bits per heavy atom. The van der Waals surface area contributed by atoms with Crippen LogP contribution in [0.1, 0.15) is 38.2 Å².